The second kappa shape index (κ2) is 6.22. The molecule has 1 aromatic rings. The van der Waals surface area contributed by atoms with Gasteiger partial charge in [0.05, 0.1) is 5.57 Å². The number of aryl methyl sites for hydroxylation is 1. The molecule has 23 heavy (non-hydrogen) atoms. The molecule has 1 amide bonds. The first kappa shape index (κ1) is 15.8. The van der Waals surface area contributed by atoms with Crippen LogP contribution < -0.4 is 0 Å². The van der Waals surface area contributed by atoms with Gasteiger partial charge in [0.1, 0.15) is 17.6 Å². The Morgan fingerprint density at radius 2 is 2.00 bits per heavy atom. The third-order valence-electron chi connectivity index (χ3n) is 4.86. The highest BCUT2D eigenvalue weighted by Crippen LogP contribution is 2.42. The van der Waals surface area contributed by atoms with E-state index in [1.165, 1.54) is 6.42 Å². The van der Waals surface area contributed by atoms with Gasteiger partial charge in [-0.1, -0.05) is 26.2 Å². The van der Waals surface area contributed by atoms with Gasteiger partial charge in [-0.3, -0.25) is 9.59 Å². The SMILES string of the molecule is CCC(=O)C1=C(O)C(=O)N(C2CCCCC2)C1c1ccc(C)o1. The summed E-state index contributed by atoms with van der Waals surface area (Å²) in [6, 6.07) is 3.08. The van der Waals surface area contributed by atoms with Crippen molar-refractivity contribution in [2.45, 2.75) is 64.5 Å². The molecule has 1 fully saturated rings. The fraction of sp³-hybridized carbons (Fsp3) is 0.556. The lowest BCUT2D eigenvalue weighted by atomic mass is 9.92. The number of nitrogens with zero attached hydrogens (tertiary/aromatic N) is 1. The number of hydrogen-bond acceptors (Lipinski definition) is 4. The second-order valence-corrected chi connectivity index (χ2v) is 6.39. The van der Waals surface area contributed by atoms with Crippen molar-refractivity contribution in [1.29, 1.82) is 0 Å². The zero-order valence-corrected chi connectivity index (χ0v) is 13.7. The summed E-state index contributed by atoms with van der Waals surface area (Å²) in [5.41, 5.74) is 0.192. The van der Waals surface area contributed by atoms with Crippen LogP contribution in [0.1, 0.15) is 63.0 Å². The lowest BCUT2D eigenvalue weighted by molar-refractivity contribution is -0.132. The number of carbonyl (C=O) groups is 2. The van der Waals surface area contributed by atoms with Crippen molar-refractivity contribution in [2.75, 3.05) is 0 Å². The van der Waals surface area contributed by atoms with E-state index in [4.69, 9.17) is 4.42 Å². The molecule has 0 radical (unpaired) electrons. The van der Waals surface area contributed by atoms with Crippen molar-refractivity contribution in [2.24, 2.45) is 0 Å². The van der Waals surface area contributed by atoms with Crippen LogP contribution in [-0.4, -0.2) is 27.7 Å². The summed E-state index contributed by atoms with van der Waals surface area (Å²) in [5.74, 6) is 0.246. The third kappa shape index (κ3) is 2.69. The van der Waals surface area contributed by atoms with E-state index in [0.717, 1.165) is 31.4 Å². The first-order chi connectivity index (χ1) is 11.0. The van der Waals surface area contributed by atoms with Crippen molar-refractivity contribution < 1.29 is 19.1 Å². The van der Waals surface area contributed by atoms with Gasteiger partial charge >= 0.3 is 0 Å². The zero-order valence-electron chi connectivity index (χ0n) is 13.7. The van der Waals surface area contributed by atoms with E-state index < -0.39 is 17.7 Å². The molecular weight excluding hydrogens is 294 g/mol. The monoisotopic (exact) mass is 317 g/mol. The van der Waals surface area contributed by atoms with Crippen LogP contribution in [0.15, 0.2) is 27.9 Å². The fourth-order valence-electron chi connectivity index (χ4n) is 3.71. The Balaban J connectivity index is 2.04. The molecular formula is C18H23NO4. The molecule has 3 rings (SSSR count). The molecule has 2 heterocycles. The summed E-state index contributed by atoms with van der Waals surface area (Å²) in [4.78, 5) is 26.7. The summed E-state index contributed by atoms with van der Waals surface area (Å²) in [6.07, 6.45) is 5.36. The maximum absolute atomic E-state index is 12.7. The average molecular weight is 317 g/mol. The van der Waals surface area contributed by atoms with Gasteiger partial charge in [-0.15, -0.1) is 0 Å². The molecule has 2 aliphatic rings. The minimum absolute atomic E-state index is 0.0518. The first-order valence-electron chi connectivity index (χ1n) is 8.40. The van der Waals surface area contributed by atoms with Crippen LogP contribution in [0.2, 0.25) is 0 Å². The quantitative estimate of drug-likeness (QED) is 0.921. The number of carbonyl (C=O) groups excluding carboxylic acids is 2. The van der Waals surface area contributed by atoms with Gasteiger partial charge in [-0.05, 0) is 31.9 Å². The molecule has 1 unspecified atom stereocenters. The molecule has 1 aliphatic heterocycles. The molecule has 1 aliphatic carbocycles. The molecule has 0 aromatic carbocycles. The minimum atomic E-state index is -0.591. The van der Waals surface area contributed by atoms with Gasteiger partial charge in [0.25, 0.3) is 5.91 Å². The van der Waals surface area contributed by atoms with Crippen LogP contribution >= 0.6 is 0 Å². The van der Waals surface area contributed by atoms with Crippen LogP contribution in [0, 0.1) is 6.92 Å². The standard InChI is InChI=1S/C18H23NO4/c1-3-13(20)15-16(14-10-9-11(2)23-14)19(18(22)17(15)21)12-7-5-4-6-8-12/h9-10,12,16,21H,3-8H2,1-2H3. The molecule has 5 nitrogen and oxygen atoms in total. The van der Waals surface area contributed by atoms with Crippen LogP contribution in [0.25, 0.3) is 0 Å². The highest BCUT2D eigenvalue weighted by Gasteiger charge is 2.47. The summed E-state index contributed by atoms with van der Waals surface area (Å²) in [6.45, 7) is 3.57. The summed E-state index contributed by atoms with van der Waals surface area (Å²) in [5, 5.41) is 10.3. The van der Waals surface area contributed by atoms with Crippen LogP contribution in [0.5, 0.6) is 0 Å². The van der Waals surface area contributed by atoms with Crippen molar-refractivity contribution >= 4 is 11.7 Å². The number of ketones is 1. The highest BCUT2D eigenvalue weighted by molar-refractivity contribution is 6.08. The number of amides is 1. The molecule has 5 heteroatoms. The largest absolute Gasteiger partial charge is 0.503 e. The smallest absolute Gasteiger partial charge is 0.290 e. The predicted molar refractivity (Wildman–Crippen MR) is 84.9 cm³/mol. The van der Waals surface area contributed by atoms with E-state index in [-0.39, 0.29) is 23.8 Å². The highest BCUT2D eigenvalue weighted by atomic mass is 16.3. The van der Waals surface area contributed by atoms with Crippen molar-refractivity contribution in [3.63, 3.8) is 0 Å². The van der Waals surface area contributed by atoms with Gasteiger partial charge in [-0.2, -0.15) is 0 Å². The van der Waals surface area contributed by atoms with Gasteiger partial charge in [0.15, 0.2) is 11.5 Å². The molecule has 124 valence electrons. The summed E-state index contributed by atoms with van der Waals surface area (Å²) < 4.78 is 5.72. The van der Waals surface area contributed by atoms with Crippen molar-refractivity contribution in [3.8, 4) is 0 Å². The van der Waals surface area contributed by atoms with Gasteiger partial charge in [0, 0.05) is 12.5 Å². The second-order valence-electron chi connectivity index (χ2n) is 6.39. The topological polar surface area (TPSA) is 70.8 Å². The number of Topliss-reactive ketones (excluding diaryl/α,β-unsaturated/α-hetero) is 1. The Morgan fingerprint density at radius 1 is 1.30 bits per heavy atom. The number of aliphatic hydroxyl groups excluding tert-OH is 1. The van der Waals surface area contributed by atoms with E-state index in [1.54, 1.807) is 17.9 Å². The molecule has 1 atom stereocenters. The van der Waals surface area contributed by atoms with Crippen molar-refractivity contribution in [1.82, 2.24) is 4.90 Å². The molecule has 1 saturated carbocycles. The summed E-state index contributed by atoms with van der Waals surface area (Å²) >= 11 is 0. The van der Waals surface area contributed by atoms with E-state index in [0.29, 0.717) is 5.76 Å². The lowest BCUT2D eigenvalue weighted by Crippen LogP contribution is -2.41. The average Bonchev–Trinajstić information content (AvgIpc) is 3.10. The van der Waals surface area contributed by atoms with Crippen LogP contribution in [-0.2, 0) is 9.59 Å². The summed E-state index contributed by atoms with van der Waals surface area (Å²) in [7, 11) is 0. The van der Waals surface area contributed by atoms with E-state index in [2.05, 4.69) is 0 Å². The van der Waals surface area contributed by atoms with E-state index in [9.17, 15) is 14.7 Å². The van der Waals surface area contributed by atoms with E-state index >= 15 is 0 Å². The maximum atomic E-state index is 12.7. The number of furan rings is 1. The first-order valence-corrected chi connectivity index (χ1v) is 8.40. The zero-order chi connectivity index (χ0) is 16.6. The van der Waals surface area contributed by atoms with Gasteiger partial charge in [0.2, 0.25) is 0 Å². The van der Waals surface area contributed by atoms with Gasteiger partial charge in [-0.25, -0.2) is 0 Å². The Labute approximate surface area is 136 Å². The maximum Gasteiger partial charge on any atom is 0.290 e. The molecule has 0 saturated heterocycles. The number of aliphatic hydroxyl groups is 1. The Hall–Kier alpha value is -2.04. The Bertz CT molecular complexity index is 652. The van der Waals surface area contributed by atoms with Gasteiger partial charge < -0.3 is 14.4 Å². The lowest BCUT2D eigenvalue weighted by Gasteiger charge is -2.35. The Kier molecular flexibility index (Phi) is 4.28. The molecule has 0 bridgehead atoms. The third-order valence-corrected chi connectivity index (χ3v) is 4.86. The minimum Gasteiger partial charge on any atom is -0.503 e. The molecule has 1 aromatic heterocycles. The van der Waals surface area contributed by atoms with Crippen LogP contribution in [0.3, 0.4) is 0 Å². The van der Waals surface area contributed by atoms with Crippen molar-refractivity contribution in [3.05, 3.63) is 35.0 Å². The normalized spacial score (nSPS) is 23.0. The number of rotatable bonds is 4. The Morgan fingerprint density at radius 3 is 2.57 bits per heavy atom. The predicted octanol–water partition coefficient (Wildman–Crippen LogP) is 3.60. The molecule has 1 N–H and O–H groups in total. The van der Waals surface area contributed by atoms with E-state index in [1.807, 2.05) is 13.0 Å². The van der Waals surface area contributed by atoms with Crippen LogP contribution in [0.4, 0.5) is 0 Å². The fourth-order valence-corrected chi connectivity index (χ4v) is 3.71. The molecule has 0 spiro atoms. The number of hydrogen-bond donors (Lipinski definition) is 1.